The maximum Gasteiger partial charge on any atom is 0.321 e. The molecule has 1 atom stereocenters. The molecule has 0 aliphatic rings. The fourth-order valence-corrected chi connectivity index (χ4v) is 1.81. The van der Waals surface area contributed by atoms with E-state index in [9.17, 15) is 9.59 Å². The molecule has 0 saturated carbocycles. The third-order valence-corrected chi connectivity index (χ3v) is 3.17. The van der Waals surface area contributed by atoms with Gasteiger partial charge >= 0.3 is 5.97 Å². The zero-order chi connectivity index (χ0) is 14.4. The predicted octanol–water partition coefficient (Wildman–Crippen LogP) is 1.01. The molecule has 1 aromatic heterocycles. The third-order valence-electron chi connectivity index (χ3n) is 2.47. The molecular formula is C12H16BrN3O3. The number of aromatic nitrogens is 2. The molecule has 0 spiro atoms. The van der Waals surface area contributed by atoms with E-state index in [1.807, 2.05) is 6.92 Å². The zero-order valence-electron chi connectivity index (χ0n) is 11.1. The maximum atomic E-state index is 12.0. The van der Waals surface area contributed by atoms with Gasteiger partial charge in [-0.1, -0.05) is 22.9 Å². The number of hydrogen-bond donors (Lipinski definition) is 1. The minimum absolute atomic E-state index is 0.149. The van der Waals surface area contributed by atoms with Gasteiger partial charge in [0.05, 0.1) is 24.1 Å². The van der Waals surface area contributed by atoms with Crippen molar-refractivity contribution in [2.75, 3.05) is 13.7 Å². The number of nitrogens with zero attached hydrogens (tertiary/aromatic N) is 2. The molecule has 0 saturated heterocycles. The molecule has 1 heterocycles. The highest BCUT2D eigenvalue weighted by Crippen LogP contribution is 2.08. The molecule has 0 aliphatic carbocycles. The topological polar surface area (TPSA) is 81.2 Å². The number of alkyl halides is 1. The Morgan fingerprint density at radius 1 is 1.47 bits per heavy atom. The summed E-state index contributed by atoms with van der Waals surface area (Å²) in [5.74, 6) is -0.705. The van der Waals surface area contributed by atoms with Crippen molar-refractivity contribution in [2.24, 2.45) is 0 Å². The number of esters is 1. The van der Waals surface area contributed by atoms with Gasteiger partial charge in [0.1, 0.15) is 4.83 Å². The number of hydrogen-bond acceptors (Lipinski definition) is 5. The smallest absolute Gasteiger partial charge is 0.321 e. The quantitative estimate of drug-likeness (QED) is 0.644. The first-order chi connectivity index (χ1) is 8.99. The van der Waals surface area contributed by atoms with E-state index in [4.69, 9.17) is 0 Å². The SMILES string of the molecule is CCc1nnc(C)cc1C(=O)NCC(Br)C(=O)OC. The second-order valence-corrected chi connectivity index (χ2v) is 5.01. The van der Waals surface area contributed by atoms with Crippen LogP contribution in [0.5, 0.6) is 0 Å². The summed E-state index contributed by atoms with van der Waals surface area (Å²) in [7, 11) is 1.30. The minimum atomic E-state index is -0.567. The molecule has 1 unspecified atom stereocenters. The van der Waals surface area contributed by atoms with E-state index in [0.29, 0.717) is 23.4 Å². The third kappa shape index (κ3) is 4.27. The van der Waals surface area contributed by atoms with Gasteiger partial charge < -0.3 is 10.1 Å². The Bertz CT molecular complexity index is 479. The number of amides is 1. The first-order valence-corrected chi connectivity index (χ1v) is 6.74. The van der Waals surface area contributed by atoms with E-state index in [1.54, 1.807) is 13.0 Å². The van der Waals surface area contributed by atoms with Crippen molar-refractivity contribution in [3.05, 3.63) is 23.0 Å². The van der Waals surface area contributed by atoms with Gasteiger partial charge in [0.25, 0.3) is 5.91 Å². The second-order valence-electron chi connectivity index (χ2n) is 3.90. The fraction of sp³-hybridized carbons (Fsp3) is 0.500. The molecule has 6 nitrogen and oxygen atoms in total. The average molecular weight is 330 g/mol. The van der Waals surface area contributed by atoms with E-state index >= 15 is 0 Å². The van der Waals surface area contributed by atoms with Gasteiger partial charge in [0.15, 0.2) is 0 Å². The van der Waals surface area contributed by atoms with Crippen LogP contribution in [0.15, 0.2) is 6.07 Å². The highest BCUT2D eigenvalue weighted by Gasteiger charge is 2.18. The molecule has 1 rings (SSSR count). The molecule has 1 aromatic rings. The van der Waals surface area contributed by atoms with Gasteiger partial charge in [-0.2, -0.15) is 10.2 Å². The number of methoxy groups -OCH3 is 1. The van der Waals surface area contributed by atoms with Crippen LogP contribution < -0.4 is 5.32 Å². The van der Waals surface area contributed by atoms with Crippen LogP contribution in [0, 0.1) is 6.92 Å². The predicted molar refractivity (Wildman–Crippen MR) is 73.2 cm³/mol. The van der Waals surface area contributed by atoms with Crippen molar-refractivity contribution in [2.45, 2.75) is 25.1 Å². The highest BCUT2D eigenvalue weighted by molar-refractivity contribution is 9.10. The Kier molecular flexibility index (Phi) is 5.88. The Balaban J connectivity index is 2.73. The maximum absolute atomic E-state index is 12.0. The summed E-state index contributed by atoms with van der Waals surface area (Å²) in [6.45, 7) is 3.82. The molecule has 0 fully saturated rings. The Labute approximate surface area is 120 Å². The number of carbonyl (C=O) groups excluding carboxylic acids is 2. The monoisotopic (exact) mass is 329 g/mol. The lowest BCUT2D eigenvalue weighted by molar-refractivity contribution is -0.139. The Morgan fingerprint density at radius 2 is 2.16 bits per heavy atom. The number of aryl methyl sites for hydroxylation is 2. The summed E-state index contributed by atoms with van der Waals surface area (Å²) >= 11 is 3.14. The molecular weight excluding hydrogens is 314 g/mol. The van der Waals surface area contributed by atoms with Crippen molar-refractivity contribution in [3.63, 3.8) is 0 Å². The summed E-state index contributed by atoms with van der Waals surface area (Å²) in [4.78, 5) is 22.7. The average Bonchev–Trinajstić information content (AvgIpc) is 2.43. The molecule has 1 N–H and O–H groups in total. The number of halogens is 1. The molecule has 1 amide bonds. The molecule has 19 heavy (non-hydrogen) atoms. The molecule has 7 heteroatoms. The van der Waals surface area contributed by atoms with Gasteiger partial charge in [-0.05, 0) is 19.4 Å². The summed E-state index contributed by atoms with van der Waals surface area (Å²) in [5, 5.41) is 10.6. The summed E-state index contributed by atoms with van der Waals surface area (Å²) in [6, 6.07) is 1.68. The lowest BCUT2D eigenvalue weighted by Crippen LogP contribution is -2.34. The normalized spacial score (nSPS) is 11.8. The number of rotatable bonds is 5. The highest BCUT2D eigenvalue weighted by atomic mass is 79.9. The lowest BCUT2D eigenvalue weighted by atomic mass is 10.1. The number of ether oxygens (including phenoxy) is 1. The molecule has 0 aromatic carbocycles. The van der Waals surface area contributed by atoms with Gasteiger partial charge in [-0.25, -0.2) is 0 Å². The van der Waals surface area contributed by atoms with Crippen LogP contribution >= 0.6 is 15.9 Å². The molecule has 104 valence electrons. The largest absolute Gasteiger partial charge is 0.468 e. The van der Waals surface area contributed by atoms with Crippen molar-refractivity contribution in [3.8, 4) is 0 Å². The Morgan fingerprint density at radius 3 is 2.74 bits per heavy atom. The van der Waals surface area contributed by atoms with E-state index in [-0.39, 0.29) is 12.5 Å². The van der Waals surface area contributed by atoms with E-state index < -0.39 is 10.8 Å². The van der Waals surface area contributed by atoms with Gasteiger partial charge in [0, 0.05) is 6.54 Å². The van der Waals surface area contributed by atoms with Crippen LogP contribution in [0.1, 0.15) is 28.7 Å². The van der Waals surface area contributed by atoms with E-state index in [2.05, 4.69) is 36.2 Å². The Hall–Kier alpha value is -1.50. The minimum Gasteiger partial charge on any atom is -0.468 e. The van der Waals surface area contributed by atoms with Gasteiger partial charge in [-0.3, -0.25) is 9.59 Å². The first kappa shape index (κ1) is 15.6. The molecule has 0 bridgehead atoms. The van der Waals surface area contributed by atoms with E-state index in [1.165, 1.54) is 7.11 Å². The second kappa shape index (κ2) is 7.18. The van der Waals surface area contributed by atoms with E-state index in [0.717, 1.165) is 0 Å². The van der Waals surface area contributed by atoms with Crippen molar-refractivity contribution in [1.82, 2.24) is 15.5 Å². The molecule has 0 aliphatic heterocycles. The molecule has 0 radical (unpaired) electrons. The van der Waals surface area contributed by atoms with Crippen LogP contribution in [-0.4, -0.2) is 40.6 Å². The van der Waals surface area contributed by atoms with Crippen LogP contribution in [0.3, 0.4) is 0 Å². The van der Waals surface area contributed by atoms with Gasteiger partial charge in [-0.15, -0.1) is 0 Å². The van der Waals surface area contributed by atoms with Crippen molar-refractivity contribution >= 4 is 27.8 Å². The van der Waals surface area contributed by atoms with Crippen LogP contribution in [0.25, 0.3) is 0 Å². The fourth-order valence-electron chi connectivity index (χ4n) is 1.46. The summed E-state index contributed by atoms with van der Waals surface area (Å²) in [5.41, 5.74) is 1.79. The first-order valence-electron chi connectivity index (χ1n) is 5.82. The van der Waals surface area contributed by atoms with Crippen LogP contribution in [-0.2, 0) is 16.0 Å². The zero-order valence-corrected chi connectivity index (χ0v) is 12.7. The summed E-state index contributed by atoms with van der Waals surface area (Å²) < 4.78 is 4.55. The van der Waals surface area contributed by atoms with Gasteiger partial charge in [0.2, 0.25) is 0 Å². The standard InChI is InChI=1S/C12H16BrN3O3/c1-4-10-8(5-7(2)15-16-10)11(17)14-6-9(13)12(18)19-3/h5,9H,4,6H2,1-3H3,(H,14,17). The van der Waals surface area contributed by atoms with Crippen molar-refractivity contribution < 1.29 is 14.3 Å². The van der Waals surface area contributed by atoms with Crippen LogP contribution in [0.4, 0.5) is 0 Å². The number of carbonyl (C=O) groups is 2. The summed E-state index contributed by atoms with van der Waals surface area (Å²) in [6.07, 6.45) is 0.616. The van der Waals surface area contributed by atoms with Crippen LogP contribution in [0.2, 0.25) is 0 Å². The lowest BCUT2D eigenvalue weighted by Gasteiger charge is -2.11. The van der Waals surface area contributed by atoms with Crippen molar-refractivity contribution in [1.29, 1.82) is 0 Å². The number of nitrogens with one attached hydrogen (secondary N) is 1.